The normalized spacial score (nSPS) is 20.9. The number of rotatable bonds is 3. The van der Waals surface area contributed by atoms with Crippen molar-refractivity contribution in [3.63, 3.8) is 0 Å². The predicted octanol–water partition coefficient (Wildman–Crippen LogP) is 2.38. The van der Waals surface area contributed by atoms with Gasteiger partial charge in [-0.05, 0) is 43.6 Å². The van der Waals surface area contributed by atoms with E-state index in [0.29, 0.717) is 5.41 Å². The zero-order valence-corrected chi connectivity index (χ0v) is 12.4. The van der Waals surface area contributed by atoms with Crippen molar-refractivity contribution in [3.8, 4) is 0 Å². The van der Waals surface area contributed by atoms with Crippen LogP contribution in [0.25, 0.3) is 0 Å². The lowest BCUT2D eigenvalue weighted by molar-refractivity contribution is 0.325. The van der Waals surface area contributed by atoms with E-state index in [1.807, 2.05) is 19.3 Å². The largest absolute Gasteiger partial charge is 0.341 e. The molecule has 0 spiro atoms. The number of anilines is 1. The van der Waals surface area contributed by atoms with Crippen molar-refractivity contribution in [2.45, 2.75) is 52.5 Å². The maximum absolute atomic E-state index is 5.79. The highest BCUT2D eigenvalue weighted by atomic mass is 15.2. The Morgan fingerprint density at radius 1 is 1.26 bits per heavy atom. The molecule has 1 aliphatic heterocycles. The van der Waals surface area contributed by atoms with Gasteiger partial charge in [0.15, 0.2) is 0 Å². The summed E-state index contributed by atoms with van der Waals surface area (Å²) in [7, 11) is 0. The minimum atomic E-state index is 0.161. The van der Waals surface area contributed by atoms with Crippen LogP contribution in [0, 0.1) is 5.41 Å². The molecule has 2 rings (SSSR count). The van der Waals surface area contributed by atoms with Gasteiger partial charge in [-0.2, -0.15) is 0 Å². The third-order valence-electron chi connectivity index (χ3n) is 3.87. The summed E-state index contributed by atoms with van der Waals surface area (Å²) in [4.78, 5) is 11.3. The van der Waals surface area contributed by atoms with E-state index in [0.717, 1.165) is 31.0 Å². The Kier molecular flexibility index (Phi) is 4.40. The summed E-state index contributed by atoms with van der Waals surface area (Å²) in [5, 5.41) is 0. The predicted molar refractivity (Wildman–Crippen MR) is 79.2 cm³/mol. The van der Waals surface area contributed by atoms with Crippen LogP contribution in [0.1, 0.15) is 45.6 Å². The van der Waals surface area contributed by atoms with E-state index in [2.05, 4.69) is 28.7 Å². The molecule has 2 N–H and O–H groups in total. The summed E-state index contributed by atoms with van der Waals surface area (Å²) in [5.74, 6) is 0.867. The highest BCUT2D eigenvalue weighted by Crippen LogP contribution is 2.30. The fourth-order valence-corrected chi connectivity index (χ4v) is 2.61. The first-order chi connectivity index (χ1) is 8.96. The molecular formula is C15H26N4. The van der Waals surface area contributed by atoms with Crippen LogP contribution in [0.15, 0.2) is 12.4 Å². The molecule has 4 nitrogen and oxygen atoms in total. The van der Waals surface area contributed by atoms with Crippen molar-refractivity contribution < 1.29 is 0 Å². The van der Waals surface area contributed by atoms with Gasteiger partial charge >= 0.3 is 0 Å². The van der Waals surface area contributed by atoms with Crippen LogP contribution in [0.2, 0.25) is 0 Å². The van der Waals surface area contributed by atoms with E-state index in [1.54, 1.807) is 0 Å². The summed E-state index contributed by atoms with van der Waals surface area (Å²) >= 11 is 0. The summed E-state index contributed by atoms with van der Waals surface area (Å²) in [6.45, 7) is 8.83. The van der Waals surface area contributed by atoms with E-state index in [1.165, 1.54) is 19.3 Å². The highest BCUT2D eigenvalue weighted by molar-refractivity contribution is 5.30. The number of aromatic nitrogens is 2. The van der Waals surface area contributed by atoms with Crippen LogP contribution >= 0.6 is 0 Å². The fourth-order valence-electron chi connectivity index (χ4n) is 2.61. The zero-order valence-electron chi connectivity index (χ0n) is 12.4. The van der Waals surface area contributed by atoms with E-state index >= 15 is 0 Å². The minimum Gasteiger partial charge on any atom is -0.341 e. The van der Waals surface area contributed by atoms with Gasteiger partial charge in [0.2, 0.25) is 5.95 Å². The second-order valence-electron chi connectivity index (χ2n) is 6.58. The van der Waals surface area contributed by atoms with Gasteiger partial charge in [0.1, 0.15) is 0 Å². The molecule has 0 saturated carbocycles. The second kappa shape index (κ2) is 5.87. The van der Waals surface area contributed by atoms with Crippen molar-refractivity contribution in [1.29, 1.82) is 0 Å². The lowest BCUT2D eigenvalue weighted by atomic mass is 9.85. The van der Waals surface area contributed by atoms with E-state index in [-0.39, 0.29) is 6.04 Å². The SMILES string of the molecule is CC(N)Cc1cnc(N2CCCC(C)(C)CC2)nc1. The monoisotopic (exact) mass is 262 g/mol. The van der Waals surface area contributed by atoms with E-state index in [9.17, 15) is 0 Å². The summed E-state index contributed by atoms with van der Waals surface area (Å²) in [5.41, 5.74) is 7.36. The van der Waals surface area contributed by atoms with Gasteiger partial charge in [0.05, 0.1) is 0 Å². The van der Waals surface area contributed by atoms with Gasteiger partial charge < -0.3 is 10.6 Å². The van der Waals surface area contributed by atoms with Crippen LogP contribution in [-0.4, -0.2) is 29.1 Å². The van der Waals surface area contributed by atoms with Crippen LogP contribution < -0.4 is 10.6 Å². The molecule has 1 aliphatic rings. The average molecular weight is 262 g/mol. The molecule has 0 radical (unpaired) electrons. The van der Waals surface area contributed by atoms with Crippen molar-refractivity contribution >= 4 is 5.95 Å². The Hall–Kier alpha value is -1.16. The Morgan fingerprint density at radius 2 is 1.95 bits per heavy atom. The van der Waals surface area contributed by atoms with E-state index in [4.69, 9.17) is 5.73 Å². The third-order valence-corrected chi connectivity index (χ3v) is 3.87. The quantitative estimate of drug-likeness (QED) is 0.908. The number of nitrogens with zero attached hydrogens (tertiary/aromatic N) is 3. The molecule has 2 heterocycles. The third kappa shape index (κ3) is 4.16. The first-order valence-electron chi connectivity index (χ1n) is 7.28. The second-order valence-corrected chi connectivity index (χ2v) is 6.58. The Balaban J connectivity index is 2.01. The van der Waals surface area contributed by atoms with Crippen molar-refractivity contribution in [1.82, 2.24) is 9.97 Å². The molecule has 1 unspecified atom stereocenters. The molecule has 1 aromatic heterocycles. The standard InChI is InChI=1S/C15H26N4/c1-12(16)9-13-10-17-14(18-11-13)19-7-4-5-15(2,3)6-8-19/h10-12H,4-9,16H2,1-3H3. The van der Waals surface area contributed by atoms with Crippen LogP contribution in [0.5, 0.6) is 0 Å². The number of nitrogens with two attached hydrogens (primary N) is 1. The topological polar surface area (TPSA) is 55.0 Å². The maximum atomic E-state index is 5.79. The summed E-state index contributed by atoms with van der Waals surface area (Å²) in [6.07, 6.45) is 8.39. The van der Waals surface area contributed by atoms with Crippen molar-refractivity contribution in [2.75, 3.05) is 18.0 Å². The Labute approximate surface area is 116 Å². The molecule has 19 heavy (non-hydrogen) atoms. The molecule has 1 atom stereocenters. The molecule has 1 fully saturated rings. The smallest absolute Gasteiger partial charge is 0.225 e. The number of hydrogen-bond acceptors (Lipinski definition) is 4. The van der Waals surface area contributed by atoms with Crippen molar-refractivity contribution in [3.05, 3.63) is 18.0 Å². The lowest BCUT2D eigenvalue weighted by Crippen LogP contribution is -2.27. The average Bonchev–Trinajstić information content (AvgIpc) is 2.51. The molecular weight excluding hydrogens is 236 g/mol. The molecule has 4 heteroatoms. The molecule has 1 saturated heterocycles. The molecule has 1 aromatic rings. The zero-order chi connectivity index (χ0) is 13.9. The van der Waals surface area contributed by atoms with Crippen LogP contribution in [0.3, 0.4) is 0 Å². The van der Waals surface area contributed by atoms with Gasteiger partial charge in [0.25, 0.3) is 0 Å². The fraction of sp³-hybridized carbons (Fsp3) is 0.733. The first kappa shape index (κ1) is 14.3. The summed E-state index contributed by atoms with van der Waals surface area (Å²) < 4.78 is 0. The highest BCUT2D eigenvalue weighted by Gasteiger charge is 2.24. The van der Waals surface area contributed by atoms with Gasteiger partial charge in [-0.3, -0.25) is 0 Å². The molecule has 0 bridgehead atoms. The van der Waals surface area contributed by atoms with Gasteiger partial charge in [-0.1, -0.05) is 13.8 Å². The van der Waals surface area contributed by atoms with Gasteiger partial charge in [-0.15, -0.1) is 0 Å². The Morgan fingerprint density at radius 3 is 2.58 bits per heavy atom. The molecule has 106 valence electrons. The van der Waals surface area contributed by atoms with Gasteiger partial charge in [0, 0.05) is 31.5 Å². The lowest BCUT2D eigenvalue weighted by Gasteiger charge is -2.23. The molecule has 0 amide bonds. The van der Waals surface area contributed by atoms with Crippen molar-refractivity contribution in [2.24, 2.45) is 11.1 Å². The molecule has 0 aromatic carbocycles. The van der Waals surface area contributed by atoms with E-state index < -0.39 is 0 Å². The maximum Gasteiger partial charge on any atom is 0.225 e. The van der Waals surface area contributed by atoms with Crippen LogP contribution in [0.4, 0.5) is 5.95 Å². The first-order valence-corrected chi connectivity index (χ1v) is 7.28. The summed E-state index contributed by atoms with van der Waals surface area (Å²) in [6, 6.07) is 0.161. The number of hydrogen-bond donors (Lipinski definition) is 1. The van der Waals surface area contributed by atoms with Gasteiger partial charge in [-0.25, -0.2) is 9.97 Å². The Bertz CT molecular complexity index is 397. The van der Waals surface area contributed by atoms with Crippen LogP contribution in [-0.2, 0) is 6.42 Å². The minimum absolute atomic E-state index is 0.161. The molecule has 0 aliphatic carbocycles.